The Labute approximate surface area is 191 Å². The van der Waals surface area contributed by atoms with Crippen molar-refractivity contribution in [2.45, 2.75) is 13.1 Å². The van der Waals surface area contributed by atoms with Crippen LogP contribution in [0.5, 0.6) is 0 Å². The maximum absolute atomic E-state index is 13.0. The Morgan fingerprint density at radius 3 is 2.50 bits per heavy atom. The first-order chi connectivity index (χ1) is 16.2. The van der Waals surface area contributed by atoms with Crippen LogP contribution in [0.4, 0.5) is 18.9 Å². The van der Waals surface area contributed by atoms with E-state index in [4.69, 9.17) is 9.15 Å². The van der Waals surface area contributed by atoms with Crippen molar-refractivity contribution >= 4 is 29.5 Å². The minimum Gasteiger partial charge on any atom is -0.462 e. The summed E-state index contributed by atoms with van der Waals surface area (Å²) in [5.74, 6) is -1.44. The lowest BCUT2D eigenvalue weighted by Crippen LogP contribution is -2.35. The van der Waals surface area contributed by atoms with E-state index in [1.165, 1.54) is 18.2 Å². The maximum Gasteiger partial charge on any atom is 0.416 e. The Bertz CT molecular complexity index is 1290. The van der Waals surface area contributed by atoms with Crippen molar-refractivity contribution in [1.82, 2.24) is 5.43 Å². The smallest absolute Gasteiger partial charge is 0.416 e. The molecule has 1 saturated heterocycles. The molecule has 2 heterocycles. The lowest BCUT2D eigenvalue weighted by Gasteiger charge is -2.16. The molecular formula is C24H17F3N2O5. The van der Waals surface area contributed by atoms with E-state index in [1.54, 1.807) is 37.3 Å². The highest BCUT2D eigenvalue weighted by molar-refractivity contribution is 6.31. The molecule has 1 aliphatic heterocycles. The number of nitrogens with one attached hydrogen (secondary N) is 1. The van der Waals surface area contributed by atoms with Gasteiger partial charge in [-0.15, -0.1) is 0 Å². The lowest BCUT2D eigenvalue weighted by molar-refractivity contribution is -0.137. The van der Waals surface area contributed by atoms with E-state index in [0.717, 1.165) is 23.2 Å². The molecule has 0 atom stereocenters. The number of ether oxygens (including phenoxy) is 1. The van der Waals surface area contributed by atoms with Crippen molar-refractivity contribution in [2.24, 2.45) is 0 Å². The molecule has 4 rings (SSSR count). The molecule has 2 amide bonds. The summed E-state index contributed by atoms with van der Waals surface area (Å²) in [7, 11) is 0. The first kappa shape index (κ1) is 22.8. The quantitative estimate of drug-likeness (QED) is 0.334. The van der Waals surface area contributed by atoms with Gasteiger partial charge in [-0.1, -0.05) is 18.2 Å². The topological polar surface area (TPSA) is 88.9 Å². The number of halogens is 3. The number of esters is 1. The predicted octanol–water partition coefficient (Wildman–Crippen LogP) is 4.60. The van der Waals surface area contributed by atoms with Crippen LogP contribution in [0.2, 0.25) is 0 Å². The summed E-state index contributed by atoms with van der Waals surface area (Å²) in [6.45, 7) is 1.97. The molecule has 0 aliphatic carbocycles. The SMILES string of the molecule is CCOC(=O)c1ccc(-c2ccc(/C=C3/C(=O)NN(c4cccc(C(F)(F)F)c4)C3=O)o2)cc1. The number of carbonyl (C=O) groups excluding carboxylic acids is 3. The van der Waals surface area contributed by atoms with Crippen LogP contribution in [0.25, 0.3) is 17.4 Å². The van der Waals surface area contributed by atoms with Gasteiger partial charge < -0.3 is 9.15 Å². The summed E-state index contributed by atoms with van der Waals surface area (Å²) < 4.78 is 49.6. The van der Waals surface area contributed by atoms with Gasteiger partial charge in [0.25, 0.3) is 11.8 Å². The number of hydrogen-bond donors (Lipinski definition) is 1. The lowest BCUT2D eigenvalue weighted by atomic mass is 10.1. The number of hydrazine groups is 1. The van der Waals surface area contributed by atoms with Crippen LogP contribution in [-0.2, 0) is 20.5 Å². The first-order valence-corrected chi connectivity index (χ1v) is 10.1. The van der Waals surface area contributed by atoms with E-state index >= 15 is 0 Å². The molecular weight excluding hydrogens is 453 g/mol. The van der Waals surface area contributed by atoms with Crippen molar-refractivity contribution in [1.29, 1.82) is 0 Å². The van der Waals surface area contributed by atoms with Crippen molar-refractivity contribution in [2.75, 3.05) is 11.6 Å². The van der Waals surface area contributed by atoms with E-state index in [1.807, 2.05) is 0 Å². The molecule has 1 aromatic heterocycles. The molecule has 0 bridgehead atoms. The van der Waals surface area contributed by atoms with Crippen LogP contribution in [-0.4, -0.2) is 24.4 Å². The second-order valence-corrected chi connectivity index (χ2v) is 7.19. The van der Waals surface area contributed by atoms with Crippen LogP contribution >= 0.6 is 0 Å². The molecule has 0 saturated carbocycles. The molecule has 1 N–H and O–H groups in total. The number of anilines is 1. The Kier molecular flexibility index (Phi) is 5.97. The van der Waals surface area contributed by atoms with Crippen molar-refractivity contribution in [3.63, 3.8) is 0 Å². The summed E-state index contributed by atoms with van der Waals surface area (Å²) in [4.78, 5) is 36.8. The van der Waals surface area contributed by atoms with Crippen molar-refractivity contribution in [3.05, 3.63) is 83.1 Å². The van der Waals surface area contributed by atoms with Crippen molar-refractivity contribution in [3.8, 4) is 11.3 Å². The highest BCUT2D eigenvalue weighted by Crippen LogP contribution is 2.32. The van der Waals surface area contributed by atoms with Gasteiger partial charge in [0, 0.05) is 5.56 Å². The molecule has 3 aromatic rings. The molecule has 7 nitrogen and oxygen atoms in total. The number of nitrogens with zero attached hydrogens (tertiary/aromatic N) is 1. The molecule has 0 unspecified atom stereocenters. The summed E-state index contributed by atoms with van der Waals surface area (Å²) in [5.41, 5.74) is 1.91. The first-order valence-electron chi connectivity index (χ1n) is 10.1. The number of alkyl halides is 3. The summed E-state index contributed by atoms with van der Waals surface area (Å²) in [6, 6.07) is 13.7. The zero-order valence-electron chi connectivity index (χ0n) is 17.7. The summed E-state index contributed by atoms with van der Waals surface area (Å²) >= 11 is 0. The maximum atomic E-state index is 13.0. The zero-order valence-corrected chi connectivity index (χ0v) is 17.7. The van der Waals surface area contributed by atoms with Crippen molar-refractivity contribution < 1.29 is 36.7 Å². The Morgan fingerprint density at radius 1 is 1.09 bits per heavy atom. The molecule has 0 radical (unpaired) electrons. The minimum absolute atomic E-state index is 0.126. The highest BCUT2D eigenvalue weighted by Gasteiger charge is 2.36. The third kappa shape index (κ3) is 4.56. The van der Waals surface area contributed by atoms with Crippen LogP contribution < -0.4 is 10.4 Å². The van der Waals surface area contributed by atoms with Crippen LogP contribution in [0.3, 0.4) is 0 Å². The number of hydrogen-bond acceptors (Lipinski definition) is 5. The van der Waals surface area contributed by atoms with Crippen LogP contribution in [0, 0.1) is 0 Å². The average Bonchev–Trinajstić information content (AvgIpc) is 3.39. The summed E-state index contributed by atoms with van der Waals surface area (Å²) in [6.07, 6.45) is -3.39. The van der Waals surface area contributed by atoms with Gasteiger partial charge in [-0.2, -0.15) is 13.2 Å². The van der Waals surface area contributed by atoms with Gasteiger partial charge in [0.05, 0.1) is 23.4 Å². The molecule has 2 aromatic carbocycles. The number of carbonyl (C=O) groups is 3. The highest BCUT2D eigenvalue weighted by atomic mass is 19.4. The Balaban J connectivity index is 1.55. The van der Waals surface area contributed by atoms with Gasteiger partial charge in [0.15, 0.2) is 0 Å². The fourth-order valence-corrected chi connectivity index (χ4v) is 3.27. The number of rotatable bonds is 5. The van der Waals surface area contributed by atoms with E-state index in [9.17, 15) is 27.6 Å². The monoisotopic (exact) mass is 470 g/mol. The zero-order chi connectivity index (χ0) is 24.5. The largest absolute Gasteiger partial charge is 0.462 e. The van der Waals surface area contributed by atoms with Crippen LogP contribution in [0.1, 0.15) is 28.6 Å². The Morgan fingerprint density at radius 2 is 1.82 bits per heavy atom. The second kappa shape index (κ2) is 8.89. The number of benzene rings is 2. The fourth-order valence-electron chi connectivity index (χ4n) is 3.27. The molecule has 1 aliphatic rings. The molecule has 34 heavy (non-hydrogen) atoms. The van der Waals surface area contributed by atoms with E-state index in [0.29, 0.717) is 16.9 Å². The van der Waals surface area contributed by atoms with Gasteiger partial charge >= 0.3 is 12.1 Å². The number of furan rings is 1. The third-order valence-electron chi connectivity index (χ3n) is 4.92. The molecule has 1 fully saturated rings. The van der Waals surface area contributed by atoms with Gasteiger partial charge in [-0.05, 0) is 55.5 Å². The summed E-state index contributed by atoms with van der Waals surface area (Å²) in [5, 5.41) is 0.751. The third-order valence-corrected chi connectivity index (χ3v) is 4.92. The van der Waals surface area contributed by atoms with Gasteiger partial charge in [-0.3, -0.25) is 15.0 Å². The normalized spacial score (nSPS) is 15.1. The van der Waals surface area contributed by atoms with Crippen LogP contribution in [0.15, 0.2) is 70.7 Å². The molecule has 0 spiro atoms. The fraction of sp³-hybridized carbons (Fsp3) is 0.125. The van der Waals surface area contributed by atoms with Gasteiger partial charge in [0.2, 0.25) is 0 Å². The molecule has 174 valence electrons. The number of amides is 2. The van der Waals surface area contributed by atoms with E-state index in [2.05, 4.69) is 5.43 Å². The van der Waals surface area contributed by atoms with E-state index < -0.39 is 29.5 Å². The minimum atomic E-state index is -4.60. The molecule has 10 heteroatoms. The Hall–Kier alpha value is -4.34. The van der Waals surface area contributed by atoms with E-state index in [-0.39, 0.29) is 23.6 Å². The standard InChI is InChI=1S/C24H17F3N2O5/c1-2-33-23(32)15-8-6-14(7-9-15)20-11-10-18(34-20)13-19-21(30)28-29(22(19)31)17-5-3-4-16(12-17)24(25,26)27/h3-13H,2H2,1H3,(H,28,30)/b19-13-. The second-order valence-electron chi connectivity index (χ2n) is 7.19. The van der Waals surface area contributed by atoms with Gasteiger partial charge in [0.1, 0.15) is 17.1 Å². The average molecular weight is 470 g/mol. The van der Waals surface area contributed by atoms with Gasteiger partial charge in [-0.25, -0.2) is 9.80 Å². The predicted molar refractivity (Wildman–Crippen MR) is 115 cm³/mol.